The van der Waals surface area contributed by atoms with Gasteiger partial charge in [-0.15, -0.1) is 0 Å². The highest BCUT2D eigenvalue weighted by atomic mass is 16.5. The van der Waals surface area contributed by atoms with Crippen molar-refractivity contribution in [3.05, 3.63) is 78.4 Å². The summed E-state index contributed by atoms with van der Waals surface area (Å²) in [7, 11) is 1.61. The van der Waals surface area contributed by atoms with Crippen molar-refractivity contribution < 1.29 is 13.9 Å². The minimum absolute atomic E-state index is 0.270. The number of methoxy groups -OCH3 is 1. The zero-order valence-electron chi connectivity index (χ0n) is 15.3. The SMILES string of the molecule is COc1ccc2nc(-c3ccc(NC(=O)C(N)c4ccccc4)cc3)oc2c1. The minimum atomic E-state index is -0.729. The number of carbonyl (C=O) groups excluding carboxylic acids is 1. The smallest absolute Gasteiger partial charge is 0.245 e. The van der Waals surface area contributed by atoms with Crippen molar-refractivity contribution in [2.75, 3.05) is 12.4 Å². The Labute approximate surface area is 162 Å². The molecular weight excluding hydrogens is 354 g/mol. The normalized spacial score (nSPS) is 11.9. The number of benzene rings is 3. The van der Waals surface area contributed by atoms with Crippen LogP contribution >= 0.6 is 0 Å². The number of nitrogens with zero attached hydrogens (tertiary/aromatic N) is 1. The molecule has 3 aromatic carbocycles. The van der Waals surface area contributed by atoms with E-state index in [9.17, 15) is 4.79 Å². The molecule has 0 aliphatic carbocycles. The first kappa shape index (κ1) is 17.8. The quantitative estimate of drug-likeness (QED) is 0.549. The summed E-state index contributed by atoms with van der Waals surface area (Å²) in [5.74, 6) is 0.943. The highest BCUT2D eigenvalue weighted by Crippen LogP contribution is 2.28. The largest absolute Gasteiger partial charge is 0.497 e. The lowest BCUT2D eigenvalue weighted by atomic mass is 10.1. The van der Waals surface area contributed by atoms with Gasteiger partial charge in [0.2, 0.25) is 11.8 Å². The lowest BCUT2D eigenvalue weighted by Gasteiger charge is -2.12. The topological polar surface area (TPSA) is 90.4 Å². The predicted molar refractivity (Wildman–Crippen MR) is 108 cm³/mol. The lowest BCUT2D eigenvalue weighted by Crippen LogP contribution is -2.27. The van der Waals surface area contributed by atoms with Crippen LogP contribution in [0.25, 0.3) is 22.6 Å². The molecule has 0 radical (unpaired) electrons. The molecule has 0 aliphatic heterocycles. The first-order valence-electron chi connectivity index (χ1n) is 8.80. The second-order valence-corrected chi connectivity index (χ2v) is 6.31. The summed E-state index contributed by atoms with van der Waals surface area (Å²) in [6.45, 7) is 0. The Balaban J connectivity index is 1.50. The molecule has 0 saturated heterocycles. The monoisotopic (exact) mass is 373 g/mol. The second-order valence-electron chi connectivity index (χ2n) is 6.31. The van der Waals surface area contributed by atoms with Gasteiger partial charge in [-0.2, -0.15) is 0 Å². The number of oxazole rings is 1. The Bertz CT molecular complexity index is 1110. The zero-order valence-corrected chi connectivity index (χ0v) is 15.3. The maximum absolute atomic E-state index is 12.4. The number of amides is 1. The first-order chi connectivity index (χ1) is 13.6. The van der Waals surface area contributed by atoms with Gasteiger partial charge < -0.3 is 20.2 Å². The summed E-state index contributed by atoms with van der Waals surface area (Å²) in [5, 5.41) is 2.83. The molecule has 1 amide bonds. The van der Waals surface area contributed by atoms with Gasteiger partial charge in [0.05, 0.1) is 7.11 Å². The molecule has 0 aliphatic rings. The fraction of sp³-hybridized carbons (Fsp3) is 0.0909. The van der Waals surface area contributed by atoms with E-state index in [0.29, 0.717) is 22.9 Å². The molecule has 0 fully saturated rings. The summed E-state index contributed by atoms with van der Waals surface area (Å²) < 4.78 is 11.0. The number of carbonyl (C=O) groups is 1. The van der Waals surface area contributed by atoms with Crippen molar-refractivity contribution in [1.29, 1.82) is 0 Å². The van der Waals surface area contributed by atoms with E-state index < -0.39 is 6.04 Å². The number of hydrogen-bond acceptors (Lipinski definition) is 5. The maximum Gasteiger partial charge on any atom is 0.245 e. The van der Waals surface area contributed by atoms with Crippen LogP contribution in [-0.2, 0) is 4.79 Å². The van der Waals surface area contributed by atoms with Gasteiger partial charge >= 0.3 is 0 Å². The van der Waals surface area contributed by atoms with Gasteiger partial charge in [0.15, 0.2) is 5.58 Å². The molecule has 1 aromatic heterocycles. The van der Waals surface area contributed by atoms with Gasteiger partial charge in [0.25, 0.3) is 0 Å². The summed E-state index contributed by atoms with van der Waals surface area (Å²) in [6.07, 6.45) is 0. The number of rotatable bonds is 5. The Morgan fingerprint density at radius 3 is 2.54 bits per heavy atom. The van der Waals surface area contributed by atoms with Crippen LogP contribution in [0.5, 0.6) is 5.75 Å². The predicted octanol–water partition coefficient (Wildman–Crippen LogP) is 4.14. The molecule has 4 aromatic rings. The van der Waals surface area contributed by atoms with Crippen molar-refractivity contribution in [3.8, 4) is 17.2 Å². The molecule has 3 N–H and O–H groups in total. The Hall–Kier alpha value is -3.64. The number of nitrogens with two attached hydrogens (primary N) is 1. The molecular formula is C22H19N3O3. The van der Waals surface area contributed by atoms with Crippen molar-refractivity contribution in [2.24, 2.45) is 5.73 Å². The number of hydrogen-bond donors (Lipinski definition) is 2. The summed E-state index contributed by atoms with van der Waals surface area (Å²) >= 11 is 0. The van der Waals surface area contributed by atoms with Crippen LogP contribution < -0.4 is 15.8 Å². The van der Waals surface area contributed by atoms with Crippen molar-refractivity contribution in [1.82, 2.24) is 4.98 Å². The second kappa shape index (κ2) is 7.54. The average Bonchev–Trinajstić information content (AvgIpc) is 3.17. The maximum atomic E-state index is 12.4. The van der Waals surface area contributed by atoms with Gasteiger partial charge in [-0.25, -0.2) is 4.98 Å². The molecule has 0 bridgehead atoms. The molecule has 28 heavy (non-hydrogen) atoms. The zero-order chi connectivity index (χ0) is 19.5. The Kier molecular flexibility index (Phi) is 4.78. The molecule has 0 saturated carbocycles. The van der Waals surface area contributed by atoms with Crippen LogP contribution in [-0.4, -0.2) is 18.0 Å². The molecule has 1 atom stereocenters. The van der Waals surface area contributed by atoms with Gasteiger partial charge in [0.1, 0.15) is 17.3 Å². The Morgan fingerprint density at radius 1 is 1.07 bits per heavy atom. The van der Waals surface area contributed by atoms with Gasteiger partial charge in [-0.1, -0.05) is 30.3 Å². The van der Waals surface area contributed by atoms with Crippen LogP contribution in [0.4, 0.5) is 5.69 Å². The number of anilines is 1. The minimum Gasteiger partial charge on any atom is -0.497 e. The van der Waals surface area contributed by atoms with E-state index >= 15 is 0 Å². The molecule has 4 rings (SSSR count). The highest BCUT2D eigenvalue weighted by Gasteiger charge is 2.16. The molecule has 6 nitrogen and oxygen atoms in total. The van der Waals surface area contributed by atoms with Crippen molar-refractivity contribution in [2.45, 2.75) is 6.04 Å². The summed E-state index contributed by atoms with van der Waals surface area (Å²) in [4.78, 5) is 16.9. The summed E-state index contributed by atoms with van der Waals surface area (Å²) in [5.41, 5.74) is 9.65. The molecule has 6 heteroatoms. The molecule has 1 heterocycles. The van der Waals surface area contributed by atoms with Crippen LogP contribution in [0.3, 0.4) is 0 Å². The molecule has 1 unspecified atom stereocenters. The van der Waals surface area contributed by atoms with Gasteiger partial charge in [-0.05, 0) is 42.0 Å². The molecule has 140 valence electrons. The number of aromatic nitrogens is 1. The fourth-order valence-corrected chi connectivity index (χ4v) is 2.88. The third-order valence-electron chi connectivity index (χ3n) is 4.44. The standard InChI is InChI=1S/C22H19N3O3/c1-27-17-11-12-18-19(13-17)28-22(25-18)15-7-9-16(10-8-15)24-21(26)20(23)14-5-3-2-4-6-14/h2-13,20H,23H2,1H3,(H,24,26). The first-order valence-corrected chi connectivity index (χ1v) is 8.80. The number of nitrogens with one attached hydrogen (secondary N) is 1. The van der Waals surface area contributed by atoms with E-state index in [1.807, 2.05) is 54.6 Å². The highest BCUT2D eigenvalue weighted by molar-refractivity contribution is 5.95. The van der Waals surface area contributed by atoms with E-state index in [1.165, 1.54) is 0 Å². The number of ether oxygens (including phenoxy) is 1. The van der Waals surface area contributed by atoms with Crippen LogP contribution in [0.2, 0.25) is 0 Å². The van der Waals surface area contributed by atoms with E-state index in [-0.39, 0.29) is 5.91 Å². The van der Waals surface area contributed by atoms with E-state index in [0.717, 1.165) is 16.6 Å². The lowest BCUT2D eigenvalue weighted by molar-refractivity contribution is -0.117. The van der Waals surface area contributed by atoms with Crippen molar-refractivity contribution >= 4 is 22.7 Å². The van der Waals surface area contributed by atoms with Gasteiger partial charge in [0, 0.05) is 17.3 Å². The average molecular weight is 373 g/mol. The summed E-state index contributed by atoms with van der Waals surface area (Å²) in [6, 6.07) is 21.3. The van der Waals surface area contributed by atoms with Crippen LogP contribution in [0.1, 0.15) is 11.6 Å². The van der Waals surface area contributed by atoms with Crippen LogP contribution in [0.15, 0.2) is 77.2 Å². The third kappa shape index (κ3) is 3.58. The van der Waals surface area contributed by atoms with Crippen LogP contribution in [0, 0.1) is 0 Å². The van der Waals surface area contributed by atoms with E-state index in [4.69, 9.17) is 14.9 Å². The van der Waals surface area contributed by atoms with E-state index in [1.54, 1.807) is 25.3 Å². The number of fused-ring (bicyclic) bond motifs is 1. The van der Waals surface area contributed by atoms with Gasteiger partial charge in [-0.3, -0.25) is 4.79 Å². The third-order valence-corrected chi connectivity index (χ3v) is 4.44. The molecule has 0 spiro atoms. The fourth-order valence-electron chi connectivity index (χ4n) is 2.88. The van der Waals surface area contributed by atoms with Crippen molar-refractivity contribution in [3.63, 3.8) is 0 Å². The Morgan fingerprint density at radius 2 is 1.82 bits per heavy atom. The van der Waals surface area contributed by atoms with E-state index in [2.05, 4.69) is 10.3 Å².